The molecule has 6 heteroatoms. The third-order valence-electron chi connectivity index (χ3n) is 1.95. The standard InChI is InChI=1S/C11H11N3O2S/c1-3-5-9(2)14-17(15,16)11-6-4-7-13-10(11)8-12/h1,4,6-7,9,14H,5H2,2H3. The van der Waals surface area contributed by atoms with E-state index in [1.807, 2.05) is 0 Å². The predicted molar refractivity (Wildman–Crippen MR) is 62.2 cm³/mol. The van der Waals surface area contributed by atoms with Crippen molar-refractivity contribution in [1.29, 1.82) is 5.26 Å². The summed E-state index contributed by atoms with van der Waals surface area (Å²) in [6.07, 6.45) is 6.74. The lowest BCUT2D eigenvalue weighted by atomic mass is 10.3. The summed E-state index contributed by atoms with van der Waals surface area (Å²) in [6.45, 7) is 1.65. The molecule has 17 heavy (non-hydrogen) atoms. The van der Waals surface area contributed by atoms with Crippen LogP contribution in [0.15, 0.2) is 23.2 Å². The van der Waals surface area contributed by atoms with Gasteiger partial charge in [-0.2, -0.15) is 5.26 Å². The maximum absolute atomic E-state index is 11.9. The molecule has 0 spiro atoms. The number of nitriles is 1. The number of aromatic nitrogens is 1. The number of nitrogens with zero attached hydrogens (tertiary/aromatic N) is 2. The van der Waals surface area contributed by atoms with Crippen LogP contribution in [0.5, 0.6) is 0 Å². The average Bonchev–Trinajstić information content (AvgIpc) is 2.28. The number of hydrogen-bond acceptors (Lipinski definition) is 4. The van der Waals surface area contributed by atoms with Crippen LogP contribution < -0.4 is 4.72 Å². The number of terminal acetylenes is 1. The molecule has 1 rings (SSSR count). The third-order valence-corrected chi connectivity index (χ3v) is 3.57. The van der Waals surface area contributed by atoms with E-state index >= 15 is 0 Å². The molecule has 0 amide bonds. The van der Waals surface area contributed by atoms with Crippen molar-refractivity contribution >= 4 is 10.0 Å². The van der Waals surface area contributed by atoms with Crippen LogP contribution in [0.4, 0.5) is 0 Å². The second-order valence-corrected chi connectivity index (χ2v) is 5.07. The zero-order valence-corrected chi connectivity index (χ0v) is 10.0. The highest BCUT2D eigenvalue weighted by atomic mass is 32.2. The first-order valence-corrected chi connectivity index (χ1v) is 6.30. The summed E-state index contributed by atoms with van der Waals surface area (Å²) in [7, 11) is -3.76. The van der Waals surface area contributed by atoms with Crippen molar-refractivity contribution in [2.24, 2.45) is 0 Å². The van der Waals surface area contributed by atoms with Crippen molar-refractivity contribution < 1.29 is 8.42 Å². The topological polar surface area (TPSA) is 82.8 Å². The van der Waals surface area contributed by atoms with E-state index in [0.29, 0.717) is 0 Å². The van der Waals surface area contributed by atoms with E-state index in [0.717, 1.165) is 0 Å². The molecule has 1 unspecified atom stereocenters. The van der Waals surface area contributed by atoms with E-state index in [2.05, 4.69) is 15.6 Å². The van der Waals surface area contributed by atoms with Crippen LogP contribution in [0.2, 0.25) is 0 Å². The van der Waals surface area contributed by atoms with E-state index < -0.39 is 16.1 Å². The lowest BCUT2D eigenvalue weighted by Gasteiger charge is -2.11. The monoisotopic (exact) mass is 249 g/mol. The summed E-state index contributed by atoms with van der Waals surface area (Å²) in [5, 5.41) is 8.78. The highest BCUT2D eigenvalue weighted by Crippen LogP contribution is 2.12. The van der Waals surface area contributed by atoms with Gasteiger partial charge in [0.05, 0.1) is 0 Å². The molecular formula is C11H11N3O2S. The Morgan fingerprint density at radius 2 is 2.35 bits per heavy atom. The summed E-state index contributed by atoms with van der Waals surface area (Å²) < 4.78 is 26.2. The van der Waals surface area contributed by atoms with Gasteiger partial charge in [0.25, 0.3) is 0 Å². The van der Waals surface area contributed by atoms with E-state index in [1.165, 1.54) is 18.3 Å². The minimum absolute atomic E-state index is 0.132. The van der Waals surface area contributed by atoms with E-state index in [4.69, 9.17) is 11.7 Å². The summed E-state index contributed by atoms with van der Waals surface area (Å²) in [4.78, 5) is 3.56. The molecule has 0 aliphatic heterocycles. The highest BCUT2D eigenvalue weighted by molar-refractivity contribution is 7.89. The molecule has 0 saturated heterocycles. The van der Waals surface area contributed by atoms with Gasteiger partial charge >= 0.3 is 0 Å². The van der Waals surface area contributed by atoms with Crippen molar-refractivity contribution in [3.8, 4) is 18.4 Å². The van der Waals surface area contributed by atoms with Crippen molar-refractivity contribution in [3.63, 3.8) is 0 Å². The van der Waals surface area contributed by atoms with Gasteiger partial charge in [-0.15, -0.1) is 12.3 Å². The summed E-state index contributed by atoms with van der Waals surface area (Å²) in [6, 6.07) is 4.13. The SMILES string of the molecule is C#CCC(C)NS(=O)(=O)c1cccnc1C#N. The second kappa shape index (κ2) is 5.44. The third kappa shape index (κ3) is 3.28. The van der Waals surface area contributed by atoms with Crippen LogP contribution >= 0.6 is 0 Å². The fourth-order valence-corrected chi connectivity index (χ4v) is 2.59. The fraction of sp³-hybridized carbons (Fsp3) is 0.273. The molecule has 1 aromatic rings. The van der Waals surface area contributed by atoms with Gasteiger partial charge in [0.1, 0.15) is 11.0 Å². The predicted octanol–water partition coefficient (Wildman–Crippen LogP) is 0.643. The molecule has 0 saturated carbocycles. The van der Waals surface area contributed by atoms with E-state index in [1.54, 1.807) is 13.0 Å². The first-order chi connectivity index (χ1) is 8.01. The number of hydrogen-bond donors (Lipinski definition) is 1. The summed E-state index contributed by atoms with van der Waals surface area (Å²) in [5.74, 6) is 2.36. The molecule has 1 aromatic heterocycles. The zero-order valence-electron chi connectivity index (χ0n) is 9.21. The Labute approximate surface area is 101 Å². The lowest BCUT2D eigenvalue weighted by molar-refractivity contribution is 0.563. The highest BCUT2D eigenvalue weighted by Gasteiger charge is 2.20. The van der Waals surface area contributed by atoms with E-state index in [-0.39, 0.29) is 17.0 Å². The van der Waals surface area contributed by atoms with Gasteiger partial charge < -0.3 is 0 Å². The van der Waals surface area contributed by atoms with Gasteiger partial charge in [-0.3, -0.25) is 0 Å². The molecule has 5 nitrogen and oxygen atoms in total. The average molecular weight is 249 g/mol. The van der Waals surface area contributed by atoms with Crippen molar-refractivity contribution in [2.45, 2.75) is 24.3 Å². The lowest BCUT2D eigenvalue weighted by Crippen LogP contribution is -2.32. The number of pyridine rings is 1. The number of rotatable bonds is 4. The second-order valence-electron chi connectivity index (χ2n) is 3.39. The molecule has 1 N–H and O–H groups in total. The summed E-state index contributed by atoms with van der Waals surface area (Å²) in [5.41, 5.74) is -0.132. The molecule has 0 radical (unpaired) electrons. The first kappa shape index (κ1) is 13.2. The molecule has 1 heterocycles. The molecule has 88 valence electrons. The van der Waals surface area contributed by atoms with Gasteiger partial charge in [0, 0.05) is 18.7 Å². The normalized spacial score (nSPS) is 12.4. The molecule has 0 aliphatic rings. The molecular weight excluding hydrogens is 238 g/mol. The Balaban J connectivity index is 3.07. The van der Waals surface area contributed by atoms with Gasteiger partial charge in [-0.1, -0.05) is 0 Å². The van der Waals surface area contributed by atoms with Gasteiger partial charge in [0.15, 0.2) is 5.69 Å². The Hall–Kier alpha value is -1.89. The van der Waals surface area contributed by atoms with Crippen LogP contribution in [0.25, 0.3) is 0 Å². The largest absolute Gasteiger partial charge is 0.244 e. The molecule has 0 bridgehead atoms. The molecule has 0 aliphatic carbocycles. The van der Waals surface area contributed by atoms with Crippen molar-refractivity contribution in [1.82, 2.24) is 9.71 Å². The molecule has 0 fully saturated rings. The van der Waals surface area contributed by atoms with Gasteiger partial charge in [0.2, 0.25) is 10.0 Å². The van der Waals surface area contributed by atoms with Gasteiger partial charge in [-0.05, 0) is 19.1 Å². The molecule has 1 atom stereocenters. The Morgan fingerprint density at radius 3 is 2.94 bits per heavy atom. The minimum Gasteiger partial charge on any atom is -0.244 e. The first-order valence-electron chi connectivity index (χ1n) is 4.82. The maximum atomic E-state index is 11.9. The van der Waals surface area contributed by atoms with Gasteiger partial charge in [-0.25, -0.2) is 18.1 Å². The number of sulfonamides is 1. The Morgan fingerprint density at radius 1 is 1.65 bits per heavy atom. The smallest absolute Gasteiger partial charge is 0.243 e. The Kier molecular flexibility index (Phi) is 4.22. The molecule has 0 aromatic carbocycles. The van der Waals surface area contributed by atoms with E-state index in [9.17, 15) is 8.42 Å². The van der Waals surface area contributed by atoms with Crippen LogP contribution in [0.3, 0.4) is 0 Å². The van der Waals surface area contributed by atoms with Crippen LogP contribution in [0, 0.1) is 23.7 Å². The maximum Gasteiger partial charge on any atom is 0.243 e. The van der Waals surface area contributed by atoms with Crippen LogP contribution in [0.1, 0.15) is 19.0 Å². The van der Waals surface area contributed by atoms with Crippen LogP contribution in [-0.4, -0.2) is 19.4 Å². The Bertz CT molecular complexity index is 581. The minimum atomic E-state index is -3.76. The quantitative estimate of drug-likeness (QED) is 0.794. The van der Waals surface area contributed by atoms with Crippen molar-refractivity contribution in [3.05, 3.63) is 24.0 Å². The van der Waals surface area contributed by atoms with Crippen molar-refractivity contribution in [2.75, 3.05) is 0 Å². The fourth-order valence-electron chi connectivity index (χ4n) is 1.24. The summed E-state index contributed by atoms with van der Waals surface area (Å²) >= 11 is 0. The zero-order chi connectivity index (χ0) is 12.9. The van der Waals surface area contributed by atoms with Crippen LogP contribution in [-0.2, 0) is 10.0 Å². The number of nitrogens with one attached hydrogen (secondary N) is 1.